The van der Waals surface area contributed by atoms with E-state index in [9.17, 15) is 5.11 Å². The summed E-state index contributed by atoms with van der Waals surface area (Å²) in [7, 11) is 1.78. The van der Waals surface area contributed by atoms with E-state index in [4.69, 9.17) is 4.74 Å². The lowest BCUT2D eigenvalue weighted by Crippen LogP contribution is -2.47. The lowest BCUT2D eigenvalue weighted by Gasteiger charge is -2.46. The van der Waals surface area contributed by atoms with E-state index >= 15 is 0 Å². The van der Waals surface area contributed by atoms with Crippen molar-refractivity contribution in [2.45, 2.75) is 70.5 Å². The molecule has 100 valence electrons. The molecule has 4 unspecified atom stereocenters. The van der Waals surface area contributed by atoms with Crippen molar-refractivity contribution in [2.24, 2.45) is 17.8 Å². The van der Waals surface area contributed by atoms with Gasteiger partial charge in [-0.05, 0) is 56.3 Å². The normalized spacial score (nSPS) is 48.0. The van der Waals surface area contributed by atoms with E-state index in [-0.39, 0.29) is 6.10 Å². The fourth-order valence-corrected chi connectivity index (χ4v) is 4.19. The van der Waals surface area contributed by atoms with Gasteiger partial charge in [-0.2, -0.15) is 0 Å². The van der Waals surface area contributed by atoms with Crippen LogP contribution in [-0.4, -0.2) is 23.9 Å². The molecule has 2 fully saturated rings. The summed E-state index contributed by atoms with van der Waals surface area (Å²) in [5.41, 5.74) is -0.443. The van der Waals surface area contributed by atoms with Crippen LogP contribution in [-0.2, 0) is 4.74 Å². The van der Waals surface area contributed by atoms with Crippen LogP contribution in [0.3, 0.4) is 0 Å². The highest BCUT2D eigenvalue weighted by Gasteiger charge is 2.43. The minimum Gasteiger partial charge on any atom is -0.390 e. The van der Waals surface area contributed by atoms with Crippen LogP contribution >= 0.6 is 0 Å². The molecule has 0 bridgehead atoms. The zero-order valence-electron chi connectivity index (χ0n) is 11.6. The summed E-state index contributed by atoms with van der Waals surface area (Å²) in [6.45, 7) is 4.67. The van der Waals surface area contributed by atoms with Crippen molar-refractivity contribution in [2.75, 3.05) is 7.11 Å². The van der Waals surface area contributed by atoms with E-state index in [1.165, 1.54) is 19.3 Å². The van der Waals surface area contributed by atoms with E-state index in [1.54, 1.807) is 7.11 Å². The van der Waals surface area contributed by atoms with Crippen LogP contribution < -0.4 is 0 Å². The predicted octanol–water partition coefficient (Wildman–Crippen LogP) is 3.38. The van der Waals surface area contributed by atoms with Crippen molar-refractivity contribution in [3.8, 4) is 0 Å². The van der Waals surface area contributed by atoms with Gasteiger partial charge < -0.3 is 9.84 Å². The van der Waals surface area contributed by atoms with Crippen LogP contribution in [0.15, 0.2) is 0 Å². The Labute approximate surface area is 106 Å². The van der Waals surface area contributed by atoms with E-state index < -0.39 is 5.60 Å². The number of aliphatic hydroxyl groups is 1. The maximum Gasteiger partial charge on any atom is 0.0700 e. The van der Waals surface area contributed by atoms with Crippen LogP contribution in [0.1, 0.15) is 58.8 Å². The highest BCUT2D eigenvalue weighted by Crippen LogP contribution is 2.45. The number of ether oxygens (including phenoxy) is 1. The topological polar surface area (TPSA) is 29.5 Å². The number of hydrogen-bond donors (Lipinski definition) is 1. The average molecular weight is 240 g/mol. The van der Waals surface area contributed by atoms with Gasteiger partial charge in [0.05, 0.1) is 11.7 Å². The molecule has 0 heterocycles. The first-order chi connectivity index (χ1) is 8.03. The van der Waals surface area contributed by atoms with Gasteiger partial charge in [-0.3, -0.25) is 0 Å². The average Bonchev–Trinajstić information content (AvgIpc) is 2.28. The maximum absolute atomic E-state index is 11.0. The Kier molecular flexibility index (Phi) is 4.14. The molecule has 0 aromatic carbocycles. The first kappa shape index (κ1) is 13.4. The summed E-state index contributed by atoms with van der Waals surface area (Å²) in [6, 6.07) is 0. The molecule has 2 heteroatoms. The van der Waals surface area contributed by atoms with Crippen LogP contribution in [0.2, 0.25) is 0 Å². The third-order valence-corrected chi connectivity index (χ3v) is 4.99. The van der Waals surface area contributed by atoms with E-state index in [1.807, 2.05) is 0 Å². The summed E-state index contributed by atoms with van der Waals surface area (Å²) in [5.74, 6) is 2.05. The second kappa shape index (κ2) is 5.27. The van der Waals surface area contributed by atoms with Gasteiger partial charge in [0.1, 0.15) is 0 Å². The van der Waals surface area contributed by atoms with Crippen molar-refractivity contribution in [1.29, 1.82) is 0 Å². The smallest absolute Gasteiger partial charge is 0.0700 e. The molecule has 0 aromatic heterocycles. The molecule has 0 spiro atoms. The molecule has 2 nitrogen and oxygen atoms in total. The highest BCUT2D eigenvalue weighted by atomic mass is 16.5. The van der Waals surface area contributed by atoms with Crippen LogP contribution in [0.4, 0.5) is 0 Å². The molecule has 0 radical (unpaired) electrons. The Hall–Kier alpha value is -0.0800. The molecule has 2 aliphatic rings. The second-order valence-electron chi connectivity index (χ2n) is 6.67. The van der Waals surface area contributed by atoms with Crippen molar-refractivity contribution in [3.63, 3.8) is 0 Å². The van der Waals surface area contributed by atoms with Crippen LogP contribution in [0, 0.1) is 17.8 Å². The van der Waals surface area contributed by atoms with Gasteiger partial charge >= 0.3 is 0 Å². The lowest BCUT2D eigenvalue weighted by molar-refractivity contribution is -0.110. The molecular weight excluding hydrogens is 212 g/mol. The summed E-state index contributed by atoms with van der Waals surface area (Å²) in [4.78, 5) is 0. The molecule has 4 atom stereocenters. The Morgan fingerprint density at radius 1 is 1.12 bits per heavy atom. The fraction of sp³-hybridized carbons (Fsp3) is 1.00. The van der Waals surface area contributed by atoms with Crippen molar-refractivity contribution >= 4 is 0 Å². The van der Waals surface area contributed by atoms with Gasteiger partial charge in [0.15, 0.2) is 0 Å². The number of rotatable bonds is 2. The summed E-state index contributed by atoms with van der Waals surface area (Å²) in [6.07, 6.45) is 8.10. The third-order valence-electron chi connectivity index (χ3n) is 4.99. The monoisotopic (exact) mass is 240 g/mol. The number of hydrogen-bond acceptors (Lipinski definition) is 2. The van der Waals surface area contributed by atoms with E-state index in [0.717, 1.165) is 37.5 Å². The molecule has 0 amide bonds. The largest absolute Gasteiger partial charge is 0.390 e. The summed E-state index contributed by atoms with van der Waals surface area (Å²) in [5, 5.41) is 11.0. The SMILES string of the molecule is COC1CCCC(O)(C2CC(C)CC(C)C2)C1. The lowest BCUT2D eigenvalue weighted by atomic mass is 9.65. The second-order valence-corrected chi connectivity index (χ2v) is 6.67. The predicted molar refractivity (Wildman–Crippen MR) is 69.9 cm³/mol. The van der Waals surface area contributed by atoms with E-state index in [0.29, 0.717) is 5.92 Å². The quantitative estimate of drug-likeness (QED) is 0.802. The van der Waals surface area contributed by atoms with Crippen molar-refractivity contribution in [1.82, 2.24) is 0 Å². The Balaban J connectivity index is 2.03. The molecule has 2 rings (SSSR count). The molecule has 0 saturated heterocycles. The molecule has 0 aromatic rings. The van der Waals surface area contributed by atoms with Gasteiger partial charge in [0.2, 0.25) is 0 Å². The minimum atomic E-state index is -0.443. The molecular formula is C15H28O2. The molecule has 0 aliphatic heterocycles. The Morgan fingerprint density at radius 3 is 2.35 bits per heavy atom. The van der Waals surface area contributed by atoms with Gasteiger partial charge in [-0.1, -0.05) is 13.8 Å². The summed E-state index contributed by atoms with van der Waals surface area (Å²) < 4.78 is 5.47. The zero-order chi connectivity index (χ0) is 12.5. The maximum atomic E-state index is 11.0. The number of methoxy groups -OCH3 is 1. The third kappa shape index (κ3) is 3.03. The highest BCUT2D eigenvalue weighted by molar-refractivity contribution is 4.95. The van der Waals surface area contributed by atoms with Crippen LogP contribution in [0.25, 0.3) is 0 Å². The van der Waals surface area contributed by atoms with Gasteiger partial charge in [0.25, 0.3) is 0 Å². The van der Waals surface area contributed by atoms with Gasteiger partial charge in [-0.25, -0.2) is 0 Å². The Bertz CT molecular complexity index is 243. The molecule has 2 saturated carbocycles. The molecule has 1 N–H and O–H groups in total. The zero-order valence-corrected chi connectivity index (χ0v) is 11.6. The van der Waals surface area contributed by atoms with Crippen molar-refractivity contribution < 1.29 is 9.84 Å². The molecule has 17 heavy (non-hydrogen) atoms. The minimum absolute atomic E-state index is 0.279. The van der Waals surface area contributed by atoms with Gasteiger partial charge in [-0.15, -0.1) is 0 Å². The van der Waals surface area contributed by atoms with Crippen LogP contribution in [0.5, 0.6) is 0 Å². The summed E-state index contributed by atoms with van der Waals surface area (Å²) >= 11 is 0. The molecule has 2 aliphatic carbocycles. The first-order valence-electron chi connectivity index (χ1n) is 7.28. The van der Waals surface area contributed by atoms with E-state index in [2.05, 4.69) is 13.8 Å². The standard InChI is InChI=1S/C15H28O2/c1-11-7-12(2)9-13(8-11)15(16)6-4-5-14(10-15)17-3/h11-14,16H,4-10H2,1-3H3. The van der Waals surface area contributed by atoms with Crippen molar-refractivity contribution in [3.05, 3.63) is 0 Å². The fourth-order valence-electron chi connectivity index (χ4n) is 4.19. The first-order valence-corrected chi connectivity index (χ1v) is 7.28. The Morgan fingerprint density at radius 2 is 1.76 bits per heavy atom. The van der Waals surface area contributed by atoms with Gasteiger partial charge in [0, 0.05) is 13.5 Å².